The highest BCUT2D eigenvalue weighted by atomic mass is 16.5. The first-order valence-electron chi connectivity index (χ1n) is 6.85. The Balaban J connectivity index is 2.14. The van der Waals surface area contributed by atoms with E-state index in [-0.39, 0.29) is 17.2 Å². The number of aromatic hydroxyl groups is 1. The van der Waals surface area contributed by atoms with E-state index in [1.807, 2.05) is 20.8 Å². The zero-order valence-corrected chi connectivity index (χ0v) is 12.5. The van der Waals surface area contributed by atoms with E-state index in [0.29, 0.717) is 17.1 Å². The van der Waals surface area contributed by atoms with Gasteiger partial charge in [0.1, 0.15) is 28.4 Å². The Morgan fingerprint density at radius 1 is 1.27 bits per heavy atom. The van der Waals surface area contributed by atoms with Gasteiger partial charge in [0.2, 0.25) is 5.88 Å². The van der Waals surface area contributed by atoms with Gasteiger partial charge in [-0.2, -0.15) is 0 Å². The highest BCUT2D eigenvalue weighted by molar-refractivity contribution is 5.77. The summed E-state index contributed by atoms with van der Waals surface area (Å²) in [7, 11) is 0. The summed E-state index contributed by atoms with van der Waals surface area (Å²) in [6, 6.07) is 7.85. The van der Waals surface area contributed by atoms with Crippen molar-refractivity contribution in [1.82, 2.24) is 10.2 Å². The minimum atomic E-state index is -0.585. The lowest BCUT2D eigenvalue weighted by atomic mass is 9.91. The molecule has 114 valence electrons. The fourth-order valence-electron chi connectivity index (χ4n) is 2.27. The molecule has 0 amide bonds. The van der Waals surface area contributed by atoms with Crippen LogP contribution in [0.4, 0.5) is 0 Å². The summed E-state index contributed by atoms with van der Waals surface area (Å²) in [5, 5.41) is 16.3. The van der Waals surface area contributed by atoms with Crippen molar-refractivity contribution in [1.29, 1.82) is 0 Å². The van der Waals surface area contributed by atoms with Crippen molar-refractivity contribution in [2.45, 2.75) is 26.4 Å². The Morgan fingerprint density at radius 3 is 2.73 bits per heavy atom. The average Bonchev–Trinajstić information content (AvgIpc) is 2.46. The van der Waals surface area contributed by atoms with Gasteiger partial charge >= 0.3 is 0 Å². The number of nitrogens with one attached hydrogen (secondary N) is 1. The number of ether oxygens (including phenoxy) is 2. The van der Waals surface area contributed by atoms with Crippen molar-refractivity contribution in [2.24, 2.45) is 0 Å². The van der Waals surface area contributed by atoms with Crippen molar-refractivity contribution in [3.63, 3.8) is 0 Å². The number of hydrogen-bond acceptors (Lipinski definition) is 5. The van der Waals surface area contributed by atoms with Gasteiger partial charge in [-0.05, 0) is 32.9 Å². The predicted octanol–water partition coefficient (Wildman–Crippen LogP) is 2.46. The Morgan fingerprint density at radius 2 is 2.05 bits per heavy atom. The standard InChI is InChI=1S/C16H16N2O4/c1-9-15(21-13-8-7-12(20)17-18-13)14-10(19)5-4-6-11(14)22-16(9,2)3/h4-8,19H,1-3H3,(H,17,20). The van der Waals surface area contributed by atoms with Crippen molar-refractivity contribution >= 4 is 5.76 Å². The van der Waals surface area contributed by atoms with E-state index in [4.69, 9.17) is 9.47 Å². The first-order chi connectivity index (χ1) is 10.4. The third-order valence-corrected chi connectivity index (χ3v) is 3.70. The normalized spacial score (nSPS) is 16.0. The fraction of sp³-hybridized carbons (Fsp3) is 0.250. The summed E-state index contributed by atoms with van der Waals surface area (Å²) < 4.78 is 11.7. The summed E-state index contributed by atoms with van der Waals surface area (Å²) in [6.45, 7) is 5.70. The maximum absolute atomic E-state index is 11.1. The number of nitrogens with zero attached hydrogens (tertiary/aromatic N) is 1. The minimum Gasteiger partial charge on any atom is -0.507 e. The highest BCUT2D eigenvalue weighted by Gasteiger charge is 2.35. The molecule has 6 nitrogen and oxygen atoms in total. The first kappa shape index (κ1) is 14.2. The van der Waals surface area contributed by atoms with E-state index in [9.17, 15) is 9.90 Å². The zero-order valence-electron chi connectivity index (χ0n) is 12.5. The number of hydrogen-bond donors (Lipinski definition) is 2. The van der Waals surface area contributed by atoms with Crippen LogP contribution in [-0.2, 0) is 0 Å². The molecule has 2 heterocycles. The fourth-order valence-corrected chi connectivity index (χ4v) is 2.27. The second-order valence-electron chi connectivity index (χ2n) is 5.58. The Bertz CT molecular complexity index is 801. The van der Waals surface area contributed by atoms with Crippen LogP contribution in [0.3, 0.4) is 0 Å². The van der Waals surface area contributed by atoms with Crippen molar-refractivity contribution in [3.05, 3.63) is 51.8 Å². The molecule has 3 rings (SSSR count). The van der Waals surface area contributed by atoms with Gasteiger partial charge in [-0.15, -0.1) is 5.10 Å². The lowest BCUT2D eigenvalue weighted by Gasteiger charge is -2.35. The molecule has 0 unspecified atom stereocenters. The largest absolute Gasteiger partial charge is 0.507 e. The number of phenolic OH excluding ortho intramolecular Hbond substituents is 1. The number of fused-ring (bicyclic) bond motifs is 1. The van der Waals surface area contributed by atoms with E-state index in [0.717, 1.165) is 5.57 Å². The quantitative estimate of drug-likeness (QED) is 0.890. The van der Waals surface area contributed by atoms with Gasteiger partial charge in [0.25, 0.3) is 5.56 Å². The van der Waals surface area contributed by atoms with Crippen molar-refractivity contribution in [3.8, 4) is 17.4 Å². The molecule has 6 heteroatoms. The second kappa shape index (κ2) is 4.91. The molecule has 0 spiro atoms. The van der Waals surface area contributed by atoms with E-state index in [1.165, 1.54) is 12.1 Å². The molecular weight excluding hydrogens is 284 g/mol. The molecule has 22 heavy (non-hydrogen) atoms. The van der Waals surface area contributed by atoms with Crippen LogP contribution in [0.15, 0.2) is 40.7 Å². The van der Waals surface area contributed by atoms with Crippen LogP contribution >= 0.6 is 0 Å². The molecule has 2 aromatic rings. The number of H-pyrrole nitrogens is 1. The topological polar surface area (TPSA) is 84.4 Å². The number of rotatable bonds is 2. The second-order valence-corrected chi connectivity index (χ2v) is 5.58. The highest BCUT2D eigenvalue weighted by Crippen LogP contribution is 2.44. The number of aromatic amines is 1. The molecular formula is C16H16N2O4. The van der Waals surface area contributed by atoms with E-state index in [1.54, 1.807) is 18.2 Å². The Kier molecular flexibility index (Phi) is 3.16. The third kappa shape index (κ3) is 2.32. The average molecular weight is 300 g/mol. The third-order valence-electron chi connectivity index (χ3n) is 3.70. The molecule has 0 saturated carbocycles. The zero-order chi connectivity index (χ0) is 15.9. The first-order valence-corrected chi connectivity index (χ1v) is 6.85. The Hall–Kier alpha value is -2.76. The van der Waals surface area contributed by atoms with E-state index < -0.39 is 5.60 Å². The van der Waals surface area contributed by atoms with Crippen LogP contribution in [0.2, 0.25) is 0 Å². The summed E-state index contributed by atoms with van der Waals surface area (Å²) in [5.74, 6) is 1.31. The lowest BCUT2D eigenvalue weighted by Crippen LogP contribution is -2.34. The van der Waals surface area contributed by atoms with Crippen LogP contribution in [0, 0.1) is 0 Å². The smallest absolute Gasteiger partial charge is 0.264 e. The molecule has 0 bridgehead atoms. The summed E-state index contributed by atoms with van der Waals surface area (Å²) in [5.41, 5.74) is 0.397. The number of phenols is 1. The van der Waals surface area contributed by atoms with Crippen LogP contribution in [0.1, 0.15) is 26.3 Å². The lowest BCUT2D eigenvalue weighted by molar-refractivity contribution is 0.139. The van der Waals surface area contributed by atoms with Gasteiger partial charge in [-0.25, -0.2) is 5.10 Å². The Labute approximate surface area is 127 Å². The molecule has 0 atom stereocenters. The molecule has 1 aliphatic rings. The molecule has 1 aromatic carbocycles. The van der Waals surface area contributed by atoms with E-state index in [2.05, 4.69) is 10.2 Å². The monoisotopic (exact) mass is 300 g/mol. The van der Waals surface area contributed by atoms with Gasteiger partial charge in [0, 0.05) is 17.7 Å². The van der Waals surface area contributed by atoms with Crippen LogP contribution in [0.25, 0.3) is 5.76 Å². The van der Waals surface area contributed by atoms with Gasteiger partial charge in [0.05, 0.1) is 0 Å². The number of benzene rings is 1. The maximum Gasteiger partial charge on any atom is 0.264 e. The summed E-state index contributed by atoms with van der Waals surface area (Å²) >= 11 is 0. The van der Waals surface area contributed by atoms with Gasteiger partial charge in [0.15, 0.2) is 0 Å². The minimum absolute atomic E-state index is 0.0618. The van der Waals surface area contributed by atoms with Gasteiger partial charge < -0.3 is 14.6 Å². The van der Waals surface area contributed by atoms with Crippen LogP contribution < -0.4 is 15.0 Å². The maximum atomic E-state index is 11.1. The predicted molar refractivity (Wildman–Crippen MR) is 80.9 cm³/mol. The molecule has 1 aliphatic heterocycles. The van der Waals surface area contributed by atoms with Gasteiger partial charge in [-0.1, -0.05) is 6.07 Å². The molecule has 0 radical (unpaired) electrons. The number of aromatic nitrogens is 2. The molecule has 0 saturated heterocycles. The molecule has 2 N–H and O–H groups in total. The molecule has 1 aromatic heterocycles. The SMILES string of the molecule is CC1=C(Oc2ccc(=O)[nH]n2)c2c(O)cccc2OC1(C)C. The van der Waals surface area contributed by atoms with Crippen molar-refractivity contribution < 1.29 is 14.6 Å². The van der Waals surface area contributed by atoms with E-state index >= 15 is 0 Å². The van der Waals surface area contributed by atoms with Gasteiger partial charge in [-0.3, -0.25) is 4.79 Å². The van der Waals surface area contributed by atoms with Crippen molar-refractivity contribution in [2.75, 3.05) is 0 Å². The summed E-state index contributed by atoms with van der Waals surface area (Å²) in [4.78, 5) is 11.1. The molecule has 0 aliphatic carbocycles. The van der Waals surface area contributed by atoms with Crippen LogP contribution in [0.5, 0.6) is 17.4 Å². The summed E-state index contributed by atoms with van der Waals surface area (Å²) in [6.07, 6.45) is 0. The van der Waals surface area contributed by atoms with Crippen LogP contribution in [-0.4, -0.2) is 20.9 Å². The molecule has 0 fully saturated rings.